The topological polar surface area (TPSA) is 52.9 Å². The molecule has 3 heterocycles. The van der Waals surface area contributed by atoms with Gasteiger partial charge < -0.3 is 18.6 Å². The minimum atomic E-state index is -0.499. The zero-order valence-corrected chi connectivity index (χ0v) is 20.1. The molecule has 2 aliphatic heterocycles. The van der Waals surface area contributed by atoms with Crippen molar-refractivity contribution < 1.29 is 18.8 Å². The van der Waals surface area contributed by atoms with Gasteiger partial charge in [0.1, 0.15) is 5.60 Å². The maximum atomic E-state index is 12.8. The van der Waals surface area contributed by atoms with E-state index in [1.807, 2.05) is 25.7 Å². The van der Waals surface area contributed by atoms with Crippen LogP contribution < -0.4 is 5.46 Å². The van der Waals surface area contributed by atoms with Gasteiger partial charge in [-0.3, -0.25) is 4.90 Å². The van der Waals surface area contributed by atoms with Crippen molar-refractivity contribution in [1.82, 2.24) is 9.47 Å². The van der Waals surface area contributed by atoms with E-state index in [-0.39, 0.29) is 30.5 Å². The van der Waals surface area contributed by atoms with E-state index in [0.29, 0.717) is 0 Å². The molecule has 0 unspecified atom stereocenters. The van der Waals surface area contributed by atoms with E-state index in [1.54, 1.807) is 0 Å². The zero-order valence-electron chi connectivity index (χ0n) is 20.1. The number of benzene rings is 1. The van der Waals surface area contributed by atoms with Crippen molar-refractivity contribution in [3.8, 4) is 0 Å². The van der Waals surface area contributed by atoms with E-state index in [1.165, 1.54) is 0 Å². The Morgan fingerprint density at radius 1 is 1.13 bits per heavy atom. The summed E-state index contributed by atoms with van der Waals surface area (Å²) in [5.41, 5.74) is 2.04. The molecule has 0 bridgehead atoms. The Kier molecular flexibility index (Phi) is 5.21. The summed E-state index contributed by atoms with van der Waals surface area (Å²) in [7, 11) is 1.68. The number of aromatic nitrogens is 1. The van der Waals surface area contributed by atoms with Gasteiger partial charge in [0.25, 0.3) is 0 Å². The molecule has 4 rings (SSSR count). The number of fused-ring (bicyclic) bond motifs is 1. The molecule has 31 heavy (non-hydrogen) atoms. The van der Waals surface area contributed by atoms with Gasteiger partial charge in [-0.2, -0.15) is 0 Å². The second-order valence-electron chi connectivity index (χ2n) is 10.9. The molecule has 2 aliphatic rings. The third kappa shape index (κ3) is 3.98. The second kappa shape index (κ2) is 7.27. The summed E-state index contributed by atoms with van der Waals surface area (Å²) in [6, 6.07) is 8.55. The van der Waals surface area contributed by atoms with Gasteiger partial charge in [-0.1, -0.05) is 12.1 Å². The average molecular weight is 426 g/mol. The number of nitrogens with zero attached hydrogens (tertiary/aromatic N) is 2. The van der Waals surface area contributed by atoms with Gasteiger partial charge in [0.05, 0.1) is 17.2 Å². The molecule has 2 aromatic rings. The summed E-state index contributed by atoms with van der Waals surface area (Å²) in [5, 5.41) is 1.13. The molecule has 0 spiro atoms. The second-order valence-corrected chi connectivity index (χ2v) is 10.9. The normalized spacial score (nSPS) is 23.0. The lowest BCUT2D eigenvalue weighted by molar-refractivity contribution is 0.00578. The predicted octanol–water partition coefficient (Wildman–Crippen LogP) is 4.55. The summed E-state index contributed by atoms with van der Waals surface area (Å²) in [6.45, 7) is 14.7. The van der Waals surface area contributed by atoms with Gasteiger partial charge >= 0.3 is 13.2 Å². The largest absolute Gasteiger partial charge is 0.494 e. The lowest BCUT2D eigenvalue weighted by atomic mass is 9.78. The standard InChI is InChI=1S/C24H35BN2O4/c1-22(2,3)29-21(28)27-13-9-10-19(27)20-15-16-14-17(11-12-18(16)26(20)8)25-30-23(4,5)24(6,7)31-25/h11-12,14-15,19H,9-10,13H2,1-8H3/t19-/m1/s1. The molecule has 1 aromatic carbocycles. The number of hydrogen-bond acceptors (Lipinski definition) is 4. The average Bonchev–Trinajstić information content (AvgIpc) is 3.28. The third-order valence-corrected chi connectivity index (χ3v) is 6.85. The summed E-state index contributed by atoms with van der Waals surface area (Å²) < 4.78 is 20.3. The first-order chi connectivity index (χ1) is 14.3. The minimum absolute atomic E-state index is 0.0209. The number of carbonyl (C=O) groups excluding carboxylic acids is 1. The van der Waals surface area contributed by atoms with Crippen LogP contribution in [0, 0.1) is 0 Å². The molecule has 6 nitrogen and oxygen atoms in total. The molecule has 2 saturated heterocycles. The van der Waals surface area contributed by atoms with E-state index in [2.05, 4.69) is 63.6 Å². The van der Waals surface area contributed by atoms with Crippen molar-refractivity contribution in [2.24, 2.45) is 7.05 Å². The highest BCUT2D eigenvalue weighted by atomic mass is 16.7. The van der Waals surface area contributed by atoms with Crippen molar-refractivity contribution in [3.63, 3.8) is 0 Å². The van der Waals surface area contributed by atoms with Crippen LogP contribution in [-0.2, 0) is 21.1 Å². The molecule has 0 N–H and O–H groups in total. The number of amides is 1. The van der Waals surface area contributed by atoms with Crippen molar-refractivity contribution >= 4 is 29.6 Å². The highest BCUT2D eigenvalue weighted by molar-refractivity contribution is 6.62. The maximum absolute atomic E-state index is 12.8. The van der Waals surface area contributed by atoms with Gasteiger partial charge in [-0.05, 0) is 84.3 Å². The number of carbonyl (C=O) groups is 1. The number of aryl methyl sites for hydroxylation is 1. The van der Waals surface area contributed by atoms with E-state index >= 15 is 0 Å². The summed E-state index contributed by atoms with van der Waals surface area (Å²) in [4.78, 5) is 14.7. The fourth-order valence-electron chi connectivity index (χ4n) is 4.45. The molecule has 1 aromatic heterocycles. The fourth-order valence-corrected chi connectivity index (χ4v) is 4.45. The van der Waals surface area contributed by atoms with Crippen LogP contribution in [0.4, 0.5) is 4.79 Å². The van der Waals surface area contributed by atoms with Crippen molar-refractivity contribution in [2.45, 2.75) is 84.2 Å². The van der Waals surface area contributed by atoms with Gasteiger partial charge in [0, 0.05) is 24.8 Å². The van der Waals surface area contributed by atoms with Crippen LogP contribution in [0.2, 0.25) is 0 Å². The molecular weight excluding hydrogens is 391 g/mol. The van der Waals surface area contributed by atoms with E-state index in [0.717, 1.165) is 41.4 Å². The van der Waals surface area contributed by atoms with Crippen LogP contribution in [0.3, 0.4) is 0 Å². The summed E-state index contributed by atoms with van der Waals surface area (Å²) in [5.74, 6) is 0. The Labute approximate surface area is 186 Å². The van der Waals surface area contributed by atoms with E-state index in [9.17, 15) is 4.79 Å². The van der Waals surface area contributed by atoms with Crippen LogP contribution >= 0.6 is 0 Å². The van der Waals surface area contributed by atoms with Crippen LogP contribution in [-0.4, -0.2) is 46.0 Å². The lowest BCUT2D eigenvalue weighted by Crippen LogP contribution is -2.41. The maximum Gasteiger partial charge on any atom is 0.494 e. The third-order valence-electron chi connectivity index (χ3n) is 6.85. The number of ether oxygens (including phenoxy) is 1. The van der Waals surface area contributed by atoms with Gasteiger partial charge in [-0.25, -0.2) is 4.79 Å². The number of rotatable bonds is 2. The van der Waals surface area contributed by atoms with Crippen LogP contribution in [0.25, 0.3) is 10.9 Å². The lowest BCUT2D eigenvalue weighted by Gasteiger charge is -2.32. The minimum Gasteiger partial charge on any atom is -0.444 e. The Bertz CT molecular complexity index is 989. The van der Waals surface area contributed by atoms with E-state index in [4.69, 9.17) is 14.0 Å². The molecule has 1 amide bonds. The molecule has 0 radical (unpaired) electrons. The smallest absolute Gasteiger partial charge is 0.444 e. The molecular formula is C24H35BN2O4. The number of hydrogen-bond donors (Lipinski definition) is 0. The van der Waals surface area contributed by atoms with Crippen molar-refractivity contribution in [2.75, 3.05) is 6.54 Å². The van der Waals surface area contributed by atoms with E-state index < -0.39 is 5.60 Å². The first-order valence-electron chi connectivity index (χ1n) is 11.2. The molecule has 0 aliphatic carbocycles. The SMILES string of the molecule is Cn1c([C@H]2CCCN2C(=O)OC(C)(C)C)cc2cc(B3OC(C)(C)C(C)(C)O3)ccc21. The monoisotopic (exact) mass is 426 g/mol. The Morgan fingerprint density at radius 3 is 2.39 bits per heavy atom. The molecule has 7 heteroatoms. The van der Waals surface area contributed by atoms with Crippen LogP contribution in [0.1, 0.15) is 73.0 Å². The fraction of sp³-hybridized carbons (Fsp3) is 0.625. The molecule has 0 saturated carbocycles. The number of likely N-dealkylation sites (tertiary alicyclic amines) is 1. The van der Waals surface area contributed by atoms with Crippen LogP contribution in [0.15, 0.2) is 24.3 Å². The van der Waals surface area contributed by atoms with Crippen molar-refractivity contribution in [1.29, 1.82) is 0 Å². The first-order valence-corrected chi connectivity index (χ1v) is 11.2. The quantitative estimate of drug-likeness (QED) is 0.662. The van der Waals surface area contributed by atoms with Gasteiger partial charge in [0.2, 0.25) is 0 Å². The first kappa shape index (κ1) is 22.2. The van der Waals surface area contributed by atoms with Crippen LogP contribution in [0.5, 0.6) is 0 Å². The summed E-state index contributed by atoms with van der Waals surface area (Å²) in [6.07, 6.45) is 1.68. The Hall–Kier alpha value is -1.99. The highest BCUT2D eigenvalue weighted by Crippen LogP contribution is 2.38. The highest BCUT2D eigenvalue weighted by Gasteiger charge is 2.51. The molecule has 2 fully saturated rings. The Morgan fingerprint density at radius 2 is 1.77 bits per heavy atom. The molecule has 168 valence electrons. The van der Waals surface area contributed by atoms with Crippen molar-refractivity contribution in [3.05, 3.63) is 30.0 Å². The van der Waals surface area contributed by atoms with Gasteiger partial charge in [-0.15, -0.1) is 0 Å². The Balaban J connectivity index is 1.63. The van der Waals surface area contributed by atoms with Gasteiger partial charge in [0.15, 0.2) is 0 Å². The zero-order chi connectivity index (χ0) is 22.8. The molecule has 1 atom stereocenters. The summed E-state index contributed by atoms with van der Waals surface area (Å²) >= 11 is 0. The predicted molar refractivity (Wildman–Crippen MR) is 124 cm³/mol.